The van der Waals surface area contributed by atoms with Gasteiger partial charge in [0.05, 0.1) is 19.6 Å². The molecule has 0 bridgehead atoms. The van der Waals surface area contributed by atoms with E-state index in [-0.39, 0.29) is 30.5 Å². The number of anilines is 2. The number of aromatic nitrogens is 2. The number of esters is 1. The summed E-state index contributed by atoms with van der Waals surface area (Å²) < 4.78 is 47.0. The molecule has 1 unspecified atom stereocenters. The molecule has 1 aromatic heterocycles. The Morgan fingerprint density at radius 1 is 1.22 bits per heavy atom. The van der Waals surface area contributed by atoms with E-state index in [0.29, 0.717) is 5.84 Å². The molecule has 9 nitrogen and oxygen atoms in total. The van der Waals surface area contributed by atoms with Gasteiger partial charge in [0.25, 0.3) is 0 Å². The zero-order valence-electron chi connectivity index (χ0n) is 16.9. The van der Waals surface area contributed by atoms with E-state index in [9.17, 15) is 23.1 Å². The summed E-state index contributed by atoms with van der Waals surface area (Å²) in [5, 5.41) is 15.2. The highest BCUT2D eigenvalue weighted by atomic mass is 19.4. The quantitative estimate of drug-likeness (QED) is 0.550. The number of carbonyl (C=O) groups is 1. The minimum absolute atomic E-state index is 0.112. The van der Waals surface area contributed by atoms with E-state index in [1.807, 2.05) is 0 Å². The van der Waals surface area contributed by atoms with E-state index in [1.165, 1.54) is 25.3 Å². The fraction of sp³-hybridized carbons (Fsp3) is 0.300. The molecule has 12 heteroatoms. The first kappa shape index (κ1) is 22.8. The molecule has 0 aliphatic carbocycles. The lowest BCUT2D eigenvalue weighted by atomic mass is 10.1. The number of phenolic OH excluding ortho intramolecular Hbond substituents is 1. The number of nitrogens with one attached hydrogen (secondary N) is 2. The largest absolute Gasteiger partial charge is 0.508 e. The zero-order valence-corrected chi connectivity index (χ0v) is 16.9. The standard InChI is InChI=1S/C20H20F3N5O4/c1-31-18(30)13-4-7-15(25-10-13)26-17-8-16(24-9-12-2-5-14(29)6-3-12)27-19(28-17)32-11-20(21,22)23/h2-8,13,29H,9-11H2,1H3,(H2,24,25,26,27,28). The Morgan fingerprint density at radius 3 is 2.56 bits per heavy atom. The third kappa shape index (κ3) is 6.86. The maximum Gasteiger partial charge on any atom is 0.422 e. The Hall–Kier alpha value is -3.83. The summed E-state index contributed by atoms with van der Waals surface area (Å²) in [6.07, 6.45) is -1.40. The van der Waals surface area contributed by atoms with Crippen LogP contribution in [0.2, 0.25) is 0 Å². The summed E-state index contributed by atoms with van der Waals surface area (Å²) in [5.74, 6) is -0.111. The van der Waals surface area contributed by atoms with Gasteiger partial charge in [-0.1, -0.05) is 18.2 Å². The zero-order chi connectivity index (χ0) is 23.1. The number of hydrogen-bond donors (Lipinski definition) is 3. The minimum Gasteiger partial charge on any atom is -0.508 e. The van der Waals surface area contributed by atoms with Crippen molar-refractivity contribution < 1.29 is 32.5 Å². The third-order valence-electron chi connectivity index (χ3n) is 4.19. The van der Waals surface area contributed by atoms with Gasteiger partial charge in [0.1, 0.15) is 23.2 Å². The number of dihydropyridines is 1. The van der Waals surface area contributed by atoms with Crippen molar-refractivity contribution in [2.45, 2.75) is 12.7 Å². The van der Waals surface area contributed by atoms with Crippen molar-refractivity contribution in [3.8, 4) is 11.8 Å². The topological polar surface area (TPSA) is 118 Å². The molecule has 0 radical (unpaired) electrons. The van der Waals surface area contributed by atoms with Crippen LogP contribution in [0.1, 0.15) is 5.56 Å². The number of rotatable bonds is 7. The van der Waals surface area contributed by atoms with Crippen LogP contribution in [0.15, 0.2) is 47.5 Å². The fourth-order valence-electron chi connectivity index (χ4n) is 2.63. The summed E-state index contributed by atoms with van der Waals surface area (Å²) >= 11 is 0. The lowest BCUT2D eigenvalue weighted by Gasteiger charge is -2.16. The van der Waals surface area contributed by atoms with Gasteiger partial charge in [0.2, 0.25) is 0 Å². The maximum atomic E-state index is 12.5. The van der Waals surface area contributed by atoms with Crippen molar-refractivity contribution in [2.24, 2.45) is 10.9 Å². The molecule has 1 aliphatic heterocycles. The van der Waals surface area contributed by atoms with Gasteiger partial charge in [-0.2, -0.15) is 23.1 Å². The monoisotopic (exact) mass is 451 g/mol. The first-order chi connectivity index (χ1) is 15.2. The second-order valence-corrected chi connectivity index (χ2v) is 6.68. The summed E-state index contributed by atoms with van der Waals surface area (Å²) in [4.78, 5) is 23.7. The van der Waals surface area contributed by atoms with Gasteiger partial charge in [-0.3, -0.25) is 9.79 Å². The van der Waals surface area contributed by atoms with Crippen LogP contribution in [0.3, 0.4) is 0 Å². The highest BCUT2D eigenvalue weighted by Gasteiger charge is 2.29. The molecular weight excluding hydrogens is 431 g/mol. The number of benzene rings is 1. The normalized spacial score (nSPS) is 15.6. The average Bonchev–Trinajstić information content (AvgIpc) is 2.77. The summed E-state index contributed by atoms with van der Waals surface area (Å²) in [6, 6.07) is 7.39. The van der Waals surface area contributed by atoms with Gasteiger partial charge < -0.3 is 25.2 Å². The molecule has 170 valence electrons. The van der Waals surface area contributed by atoms with E-state index in [4.69, 9.17) is 4.74 Å². The second kappa shape index (κ2) is 9.98. The van der Waals surface area contributed by atoms with E-state index in [0.717, 1.165) is 5.56 Å². The van der Waals surface area contributed by atoms with E-state index < -0.39 is 30.7 Å². The molecule has 3 rings (SSSR count). The molecule has 3 N–H and O–H groups in total. The van der Waals surface area contributed by atoms with Crippen LogP contribution in [0.5, 0.6) is 11.8 Å². The van der Waals surface area contributed by atoms with Crippen LogP contribution in [0.4, 0.5) is 24.8 Å². The summed E-state index contributed by atoms with van der Waals surface area (Å²) in [7, 11) is 1.28. The molecule has 0 spiro atoms. The van der Waals surface area contributed by atoms with Crippen molar-refractivity contribution in [3.05, 3.63) is 48.0 Å². The maximum absolute atomic E-state index is 12.5. The van der Waals surface area contributed by atoms with Crippen LogP contribution >= 0.6 is 0 Å². The summed E-state index contributed by atoms with van der Waals surface area (Å²) in [5.41, 5.74) is 0.808. The lowest BCUT2D eigenvalue weighted by Crippen LogP contribution is -2.24. The predicted molar refractivity (Wildman–Crippen MR) is 110 cm³/mol. The Balaban J connectivity index is 1.74. The van der Waals surface area contributed by atoms with E-state index >= 15 is 0 Å². The number of ether oxygens (including phenoxy) is 2. The first-order valence-electron chi connectivity index (χ1n) is 9.40. The van der Waals surface area contributed by atoms with Crippen molar-refractivity contribution in [1.82, 2.24) is 9.97 Å². The van der Waals surface area contributed by atoms with Crippen LogP contribution in [-0.4, -0.2) is 53.3 Å². The fourth-order valence-corrected chi connectivity index (χ4v) is 2.63. The number of aliphatic imine (C=N–C) groups is 1. The van der Waals surface area contributed by atoms with Crippen LogP contribution < -0.4 is 15.4 Å². The van der Waals surface area contributed by atoms with Gasteiger partial charge >= 0.3 is 18.2 Å². The van der Waals surface area contributed by atoms with E-state index in [2.05, 4.69) is 30.3 Å². The van der Waals surface area contributed by atoms with Crippen LogP contribution in [0, 0.1) is 5.92 Å². The molecule has 1 aromatic carbocycles. The number of alkyl halides is 3. The number of halogens is 3. The molecule has 1 atom stereocenters. The highest BCUT2D eigenvalue weighted by molar-refractivity contribution is 6.04. The minimum atomic E-state index is -4.55. The number of hydrogen-bond acceptors (Lipinski definition) is 9. The molecule has 0 saturated carbocycles. The Kier molecular flexibility index (Phi) is 7.13. The van der Waals surface area contributed by atoms with Gasteiger partial charge in [-0.05, 0) is 23.8 Å². The number of aromatic hydroxyl groups is 1. The summed E-state index contributed by atoms with van der Waals surface area (Å²) in [6.45, 7) is -1.10. The average molecular weight is 451 g/mol. The predicted octanol–water partition coefficient (Wildman–Crippen LogP) is 2.90. The van der Waals surface area contributed by atoms with Gasteiger partial charge in [0.15, 0.2) is 6.61 Å². The molecule has 1 aliphatic rings. The third-order valence-corrected chi connectivity index (χ3v) is 4.19. The highest BCUT2D eigenvalue weighted by Crippen LogP contribution is 2.21. The van der Waals surface area contributed by atoms with Gasteiger partial charge in [-0.25, -0.2) is 0 Å². The first-order valence-corrected chi connectivity index (χ1v) is 9.40. The number of methoxy groups -OCH3 is 1. The Morgan fingerprint density at radius 2 is 1.94 bits per heavy atom. The van der Waals surface area contributed by atoms with Crippen molar-refractivity contribution in [2.75, 3.05) is 30.9 Å². The lowest BCUT2D eigenvalue weighted by molar-refractivity contribution is -0.154. The van der Waals surface area contributed by atoms with Crippen molar-refractivity contribution in [1.29, 1.82) is 0 Å². The van der Waals surface area contributed by atoms with Gasteiger partial charge in [0, 0.05) is 12.6 Å². The molecule has 0 fully saturated rings. The van der Waals surface area contributed by atoms with Gasteiger partial charge in [-0.15, -0.1) is 0 Å². The molecule has 32 heavy (non-hydrogen) atoms. The smallest absolute Gasteiger partial charge is 0.422 e. The molecule has 2 heterocycles. The second-order valence-electron chi connectivity index (χ2n) is 6.68. The number of amidine groups is 1. The van der Waals surface area contributed by atoms with E-state index in [1.54, 1.807) is 24.3 Å². The molecule has 0 saturated heterocycles. The van der Waals surface area contributed by atoms with Crippen LogP contribution in [-0.2, 0) is 16.1 Å². The van der Waals surface area contributed by atoms with Crippen molar-refractivity contribution in [3.63, 3.8) is 0 Å². The number of phenols is 1. The van der Waals surface area contributed by atoms with Crippen molar-refractivity contribution >= 4 is 23.4 Å². The Labute approximate surface area is 181 Å². The molecule has 0 amide bonds. The molecular formula is C20H20F3N5O4. The molecule has 2 aromatic rings. The Bertz CT molecular complexity index is 1010. The number of carbonyl (C=O) groups excluding carboxylic acids is 1. The SMILES string of the molecule is COC(=O)C1C=CC(Nc2cc(NCc3ccc(O)cc3)nc(OCC(F)(F)F)n2)=NC1. The van der Waals surface area contributed by atoms with Crippen LogP contribution in [0.25, 0.3) is 0 Å². The number of nitrogens with zero attached hydrogens (tertiary/aromatic N) is 3.